The number of primary amides is 1. The first kappa shape index (κ1) is 19.5. The van der Waals surface area contributed by atoms with Gasteiger partial charge in [0.2, 0.25) is 5.91 Å². The lowest BCUT2D eigenvalue weighted by atomic mass is 10.2. The number of thioether (sulfide) groups is 1. The van der Waals surface area contributed by atoms with Gasteiger partial charge in [0.1, 0.15) is 5.75 Å². The van der Waals surface area contributed by atoms with E-state index in [1.54, 1.807) is 48.5 Å². The predicted molar refractivity (Wildman–Crippen MR) is 97.1 cm³/mol. The number of ether oxygens (including phenoxy) is 1. The lowest BCUT2D eigenvalue weighted by Crippen LogP contribution is -2.19. The number of hydrogen-bond donors (Lipinski definition) is 2. The average Bonchev–Trinajstić information content (AvgIpc) is 2.60. The molecular formula is C18H16F2N2O3S. The van der Waals surface area contributed by atoms with Crippen molar-refractivity contribution in [2.45, 2.75) is 10.7 Å². The van der Waals surface area contributed by atoms with E-state index in [9.17, 15) is 18.4 Å². The van der Waals surface area contributed by atoms with E-state index in [0.29, 0.717) is 28.1 Å². The SMILES string of the molecule is NC(=O)COc1ccc(/C=C/C(=O)Nc2ccccc2SC(F)F)cc1. The summed E-state index contributed by atoms with van der Waals surface area (Å²) in [6.45, 7) is -0.215. The van der Waals surface area contributed by atoms with Gasteiger partial charge in [-0.3, -0.25) is 9.59 Å². The van der Waals surface area contributed by atoms with E-state index in [-0.39, 0.29) is 6.61 Å². The van der Waals surface area contributed by atoms with Crippen molar-refractivity contribution in [2.75, 3.05) is 11.9 Å². The van der Waals surface area contributed by atoms with Crippen LogP contribution in [0.2, 0.25) is 0 Å². The molecule has 8 heteroatoms. The number of carbonyl (C=O) groups is 2. The van der Waals surface area contributed by atoms with Crippen molar-refractivity contribution in [3.8, 4) is 5.75 Å². The fourth-order valence-electron chi connectivity index (χ4n) is 1.94. The molecule has 0 aromatic heterocycles. The number of amides is 2. The van der Waals surface area contributed by atoms with Gasteiger partial charge in [0.05, 0.1) is 5.69 Å². The zero-order valence-corrected chi connectivity index (χ0v) is 14.3. The van der Waals surface area contributed by atoms with E-state index in [0.717, 1.165) is 5.56 Å². The molecule has 0 spiro atoms. The van der Waals surface area contributed by atoms with Crippen molar-refractivity contribution in [1.29, 1.82) is 0 Å². The van der Waals surface area contributed by atoms with Gasteiger partial charge in [0.25, 0.3) is 11.7 Å². The van der Waals surface area contributed by atoms with Crippen molar-refractivity contribution in [3.05, 3.63) is 60.2 Å². The number of rotatable bonds is 8. The van der Waals surface area contributed by atoms with Crippen molar-refractivity contribution < 1.29 is 23.1 Å². The maximum atomic E-state index is 12.5. The Morgan fingerprint density at radius 3 is 2.50 bits per heavy atom. The molecule has 0 saturated heterocycles. The Morgan fingerprint density at radius 1 is 1.15 bits per heavy atom. The Labute approximate surface area is 153 Å². The normalized spacial score (nSPS) is 10.9. The fourth-order valence-corrected chi connectivity index (χ4v) is 2.54. The molecule has 136 valence electrons. The van der Waals surface area contributed by atoms with Crippen LogP contribution in [0, 0.1) is 0 Å². The molecule has 0 aliphatic rings. The molecule has 2 aromatic rings. The minimum absolute atomic E-state index is 0.215. The summed E-state index contributed by atoms with van der Waals surface area (Å²) >= 11 is 0.371. The second kappa shape index (κ2) is 9.57. The average molecular weight is 378 g/mol. The summed E-state index contributed by atoms with van der Waals surface area (Å²) in [6, 6.07) is 13.0. The first-order valence-electron chi connectivity index (χ1n) is 7.48. The lowest BCUT2D eigenvalue weighted by molar-refractivity contribution is -0.120. The Bertz CT molecular complexity index is 795. The molecule has 0 fully saturated rings. The van der Waals surface area contributed by atoms with E-state index in [1.165, 1.54) is 12.1 Å². The van der Waals surface area contributed by atoms with E-state index in [1.807, 2.05) is 0 Å². The number of nitrogens with two attached hydrogens (primary N) is 1. The molecule has 3 N–H and O–H groups in total. The maximum absolute atomic E-state index is 12.5. The van der Waals surface area contributed by atoms with Gasteiger partial charge in [-0.1, -0.05) is 36.0 Å². The van der Waals surface area contributed by atoms with Gasteiger partial charge in [-0.25, -0.2) is 0 Å². The van der Waals surface area contributed by atoms with E-state index >= 15 is 0 Å². The number of nitrogens with one attached hydrogen (secondary N) is 1. The number of hydrogen-bond acceptors (Lipinski definition) is 4. The molecule has 2 rings (SSSR count). The van der Waals surface area contributed by atoms with Crippen molar-refractivity contribution in [3.63, 3.8) is 0 Å². The van der Waals surface area contributed by atoms with Crippen LogP contribution in [0.4, 0.5) is 14.5 Å². The van der Waals surface area contributed by atoms with Crippen LogP contribution >= 0.6 is 11.8 Å². The van der Waals surface area contributed by atoms with E-state index < -0.39 is 17.6 Å². The number of para-hydroxylation sites is 1. The summed E-state index contributed by atoms with van der Waals surface area (Å²) in [5.41, 5.74) is 6.03. The Hall–Kier alpha value is -2.87. The van der Waals surface area contributed by atoms with Gasteiger partial charge >= 0.3 is 0 Å². The number of alkyl halides is 2. The highest BCUT2D eigenvalue weighted by Gasteiger charge is 2.10. The Kier molecular flexibility index (Phi) is 7.16. The molecule has 0 saturated carbocycles. The van der Waals surface area contributed by atoms with Crippen LogP contribution in [0.5, 0.6) is 5.75 Å². The highest BCUT2D eigenvalue weighted by atomic mass is 32.2. The smallest absolute Gasteiger partial charge is 0.288 e. The highest BCUT2D eigenvalue weighted by molar-refractivity contribution is 7.99. The second-order valence-corrected chi connectivity index (χ2v) is 6.05. The monoisotopic (exact) mass is 378 g/mol. The van der Waals surface area contributed by atoms with Gasteiger partial charge in [-0.05, 0) is 35.9 Å². The molecule has 0 aliphatic heterocycles. The molecule has 5 nitrogen and oxygen atoms in total. The first-order chi connectivity index (χ1) is 12.4. The molecule has 0 atom stereocenters. The fraction of sp³-hybridized carbons (Fsp3) is 0.111. The molecule has 26 heavy (non-hydrogen) atoms. The first-order valence-corrected chi connectivity index (χ1v) is 8.36. The van der Waals surface area contributed by atoms with Crippen LogP contribution in [-0.4, -0.2) is 24.2 Å². The number of benzene rings is 2. The summed E-state index contributed by atoms with van der Waals surface area (Å²) in [4.78, 5) is 22.9. The van der Waals surface area contributed by atoms with Crippen LogP contribution < -0.4 is 15.8 Å². The minimum atomic E-state index is -2.57. The molecule has 0 bridgehead atoms. The Morgan fingerprint density at radius 2 is 1.85 bits per heavy atom. The number of anilines is 1. The summed E-state index contributed by atoms with van der Waals surface area (Å²) < 4.78 is 30.2. The van der Waals surface area contributed by atoms with Crippen molar-refractivity contribution in [2.24, 2.45) is 5.73 Å². The van der Waals surface area contributed by atoms with Gasteiger partial charge < -0.3 is 15.8 Å². The molecule has 0 radical (unpaired) electrons. The molecule has 2 aromatic carbocycles. The number of carbonyl (C=O) groups excluding carboxylic acids is 2. The van der Waals surface area contributed by atoms with Crippen LogP contribution in [0.25, 0.3) is 6.08 Å². The predicted octanol–water partition coefficient (Wildman–Crippen LogP) is 3.52. The Balaban J connectivity index is 1.96. The molecule has 0 aliphatic carbocycles. The minimum Gasteiger partial charge on any atom is -0.484 e. The van der Waals surface area contributed by atoms with Crippen molar-refractivity contribution >= 4 is 35.3 Å². The molecule has 2 amide bonds. The molecular weight excluding hydrogens is 362 g/mol. The van der Waals surface area contributed by atoms with Gasteiger partial charge in [0, 0.05) is 11.0 Å². The third kappa shape index (κ3) is 6.56. The van der Waals surface area contributed by atoms with Gasteiger partial charge in [-0.15, -0.1) is 0 Å². The van der Waals surface area contributed by atoms with Crippen LogP contribution in [0.1, 0.15) is 5.56 Å². The lowest BCUT2D eigenvalue weighted by Gasteiger charge is -2.08. The standard InChI is InChI=1S/C18H16F2N2O3S/c19-18(20)26-15-4-2-1-3-14(15)22-17(24)10-7-12-5-8-13(9-6-12)25-11-16(21)23/h1-10,18H,11H2,(H2,21,23)(H,22,24)/b10-7+. The number of halogens is 2. The third-order valence-electron chi connectivity index (χ3n) is 3.05. The van der Waals surface area contributed by atoms with Crippen molar-refractivity contribution in [1.82, 2.24) is 0 Å². The van der Waals surface area contributed by atoms with E-state index in [4.69, 9.17) is 10.5 Å². The van der Waals surface area contributed by atoms with Gasteiger partial charge in [-0.2, -0.15) is 8.78 Å². The molecule has 0 unspecified atom stereocenters. The van der Waals surface area contributed by atoms with Crippen LogP contribution in [0.15, 0.2) is 59.5 Å². The third-order valence-corrected chi connectivity index (χ3v) is 3.84. The highest BCUT2D eigenvalue weighted by Crippen LogP contribution is 2.31. The summed E-state index contributed by atoms with van der Waals surface area (Å²) in [6.07, 6.45) is 2.86. The van der Waals surface area contributed by atoms with Crippen LogP contribution in [-0.2, 0) is 9.59 Å². The summed E-state index contributed by atoms with van der Waals surface area (Å²) in [5, 5.41) is 2.57. The maximum Gasteiger partial charge on any atom is 0.288 e. The van der Waals surface area contributed by atoms with Crippen LogP contribution in [0.3, 0.4) is 0 Å². The summed E-state index contributed by atoms with van der Waals surface area (Å²) in [7, 11) is 0. The molecule has 0 heterocycles. The topological polar surface area (TPSA) is 81.4 Å². The quantitative estimate of drug-likeness (QED) is 0.544. The summed E-state index contributed by atoms with van der Waals surface area (Å²) in [5.74, 6) is -3.11. The zero-order valence-electron chi connectivity index (χ0n) is 13.5. The van der Waals surface area contributed by atoms with E-state index in [2.05, 4.69) is 5.32 Å². The second-order valence-electron chi connectivity index (χ2n) is 5.02. The zero-order chi connectivity index (χ0) is 18.9. The van der Waals surface area contributed by atoms with Gasteiger partial charge in [0.15, 0.2) is 6.61 Å². The largest absolute Gasteiger partial charge is 0.484 e.